The van der Waals surface area contributed by atoms with Gasteiger partial charge in [-0.05, 0) is 19.8 Å². The van der Waals surface area contributed by atoms with E-state index >= 15 is 0 Å². The molecule has 8 heteroatoms. The van der Waals surface area contributed by atoms with E-state index in [1.165, 1.54) is 0 Å². The van der Waals surface area contributed by atoms with Gasteiger partial charge in [0.1, 0.15) is 17.5 Å². The van der Waals surface area contributed by atoms with Gasteiger partial charge in [0.15, 0.2) is 0 Å². The average molecular weight is 289 g/mol. The minimum atomic E-state index is -0.0985. The molecular weight excluding hydrogens is 270 g/mol. The molecule has 0 saturated carbocycles. The molecule has 0 radical (unpaired) electrons. The number of anilines is 1. The number of nitrogens with one attached hydrogen (secondary N) is 1. The number of rotatable bonds is 4. The van der Waals surface area contributed by atoms with Gasteiger partial charge in [0.25, 0.3) is 0 Å². The van der Waals surface area contributed by atoms with Crippen LogP contribution >= 0.6 is 0 Å². The molecule has 0 saturated heterocycles. The summed E-state index contributed by atoms with van der Waals surface area (Å²) in [6.45, 7) is 2.77. The summed E-state index contributed by atoms with van der Waals surface area (Å²) in [7, 11) is 1.90. The van der Waals surface area contributed by atoms with E-state index in [0.717, 1.165) is 43.3 Å². The maximum absolute atomic E-state index is 12.0. The Morgan fingerprint density at radius 2 is 2.19 bits per heavy atom. The minimum Gasteiger partial charge on any atom is -0.318 e. The molecule has 3 rings (SSSR count). The Kier molecular flexibility index (Phi) is 3.68. The van der Waals surface area contributed by atoms with E-state index in [9.17, 15) is 4.79 Å². The van der Waals surface area contributed by atoms with E-state index in [-0.39, 0.29) is 5.91 Å². The molecule has 2 aromatic heterocycles. The zero-order chi connectivity index (χ0) is 14.8. The lowest BCUT2D eigenvalue weighted by Crippen LogP contribution is -2.15. The Morgan fingerprint density at radius 1 is 1.33 bits per heavy atom. The highest BCUT2D eigenvalue weighted by molar-refractivity contribution is 5.88. The van der Waals surface area contributed by atoms with Crippen LogP contribution in [0.1, 0.15) is 36.7 Å². The summed E-state index contributed by atoms with van der Waals surface area (Å²) in [5, 5.41) is 15.1. The van der Waals surface area contributed by atoms with Crippen molar-refractivity contribution in [2.75, 3.05) is 5.32 Å². The first-order valence-electron chi connectivity index (χ1n) is 7.22. The summed E-state index contributed by atoms with van der Waals surface area (Å²) < 4.78 is 3.77. The van der Waals surface area contributed by atoms with Crippen LogP contribution in [0.3, 0.4) is 0 Å². The average Bonchev–Trinajstić information content (AvgIpc) is 3.01. The number of fused-ring (bicyclic) bond motifs is 1. The van der Waals surface area contributed by atoms with Gasteiger partial charge in [-0.25, -0.2) is 4.68 Å². The van der Waals surface area contributed by atoms with Crippen LogP contribution in [0.15, 0.2) is 0 Å². The van der Waals surface area contributed by atoms with E-state index in [1.807, 2.05) is 23.2 Å². The largest absolute Gasteiger partial charge is 0.318 e. The Hall–Kier alpha value is -2.25. The molecule has 0 unspecified atom stereocenters. The second-order valence-corrected chi connectivity index (χ2v) is 5.30. The van der Waals surface area contributed by atoms with Gasteiger partial charge in [-0.15, -0.1) is 15.3 Å². The number of nitrogens with zero attached hydrogens (tertiary/aromatic N) is 6. The fraction of sp³-hybridized carbons (Fsp3) is 0.615. The molecule has 1 N–H and O–H groups in total. The number of carbonyl (C=O) groups excluding carboxylic acids is 1. The standard InChI is InChI=1S/C13H19N7O/c1-9-16-17-11(19(9)2)6-7-12(21)15-13-14-10-5-3-4-8-20(10)18-13/h3-8H2,1-2H3,(H,15,18,21). The van der Waals surface area contributed by atoms with Crippen LogP contribution in [0, 0.1) is 6.92 Å². The van der Waals surface area contributed by atoms with Gasteiger partial charge in [-0.1, -0.05) is 0 Å². The number of carbonyl (C=O) groups is 1. The summed E-state index contributed by atoms with van der Waals surface area (Å²) in [5.41, 5.74) is 0. The van der Waals surface area contributed by atoms with Crippen LogP contribution in [0.2, 0.25) is 0 Å². The zero-order valence-electron chi connectivity index (χ0n) is 12.3. The quantitative estimate of drug-likeness (QED) is 0.891. The van der Waals surface area contributed by atoms with E-state index in [1.54, 1.807) is 0 Å². The van der Waals surface area contributed by atoms with Gasteiger partial charge in [0, 0.05) is 32.9 Å². The van der Waals surface area contributed by atoms with E-state index < -0.39 is 0 Å². The minimum absolute atomic E-state index is 0.0985. The van der Waals surface area contributed by atoms with Gasteiger partial charge in [-0.2, -0.15) is 4.98 Å². The maximum Gasteiger partial charge on any atom is 0.248 e. The monoisotopic (exact) mass is 289 g/mol. The van der Waals surface area contributed by atoms with Gasteiger partial charge in [0.2, 0.25) is 11.9 Å². The van der Waals surface area contributed by atoms with Gasteiger partial charge in [-0.3, -0.25) is 10.1 Å². The summed E-state index contributed by atoms with van der Waals surface area (Å²) >= 11 is 0. The molecule has 1 amide bonds. The smallest absolute Gasteiger partial charge is 0.248 e. The molecule has 2 aromatic rings. The third kappa shape index (κ3) is 2.93. The SMILES string of the molecule is Cc1nnc(CCC(=O)Nc2nc3n(n2)CCCC3)n1C. The molecule has 0 bridgehead atoms. The molecule has 3 heterocycles. The number of aryl methyl sites for hydroxylation is 4. The van der Waals surface area contributed by atoms with Crippen molar-refractivity contribution in [3.05, 3.63) is 17.5 Å². The summed E-state index contributed by atoms with van der Waals surface area (Å²) in [6, 6.07) is 0. The Balaban J connectivity index is 1.56. The molecule has 112 valence electrons. The maximum atomic E-state index is 12.0. The lowest BCUT2D eigenvalue weighted by Gasteiger charge is -2.09. The van der Waals surface area contributed by atoms with Crippen LogP contribution in [-0.4, -0.2) is 35.4 Å². The Labute approximate surface area is 122 Å². The second kappa shape index (κ2) is 5.63. The molecule has 0 fully saturated rings. The normalized spacial score (nSPS) is 14.0. The predicted octanol–water partition coefficient (Wildman–Crippen LogP) is 0.623. The summed E-state index contributed by atoms with van der Waals surface area (Å²) in [5.74, 6) is 2.92. The first-order valence-corrected chi connectivity index (χ1v) is 7.22. The highest BCUT2D eigenvalue weighted by Crippen LogP contribution is 2.14. The van der Waals surface area contributed by atoms with Crippen LogP contribution in [0.5, 0.6) is 0 Å². The van der Waals surface area contributed by atoms with Crippen molar-refractivity contribution in [3.8, 4) is 0 Å². The zero-order valence-corrected chi connectivity index (χ0v) is 12.3. The van der Waals surface area contributed by atoms with Crippen LogP contribution in [0.4, 0.5) is 5.95 Å². The molecule has 0 atom stereocenters. The third-order valence-corrected chi connectivity index (χ3v) is 3.78. The van der Waals surface area contributed by atoms with Gasteiger partial charge in [0.05, 0.1) is 0 Å². The van der Waals surface area contributed by atoms with Crippen LogP contribution in [-0.2, 0) is 31.2 Å². The number of amides is 1. The fourth-order valence-corrected chi connectivity index (χ4v) is 2.42. The van der Waals surface area contributed by atoms with Crippen molar-refractivity contribution in [3.63, 3.8) is 0 Å². The molecule has 0 spiro atoms. The van der Waals surface area contributed by atoms with Crippen molar-refractivity contribution in [1.29, 1.82) is 0 Å². The lowest BCUT2D eigenvalue weighted by atomic mass is 10.2. The van der Waals surface area contributed by atoms with Gasteiger partial charge < -0.3 is 4.57 Å². The van der Waals surface area contributed by atoms with Gasteiger partial charge >= 0.3 is 0 Å². The highest BCUT2D eigenvalue weighted by Gasteiger charge is 2.15. The Bertz CT molecular complexity index is 634. The molecule has 21 heavy (non-hydrogen) atoms. The first-order chi connectivity index (χ1) is 10.1. The van der Waals surface area contributed by atoms with Crippen molar-refractivity contribution in [2.45, 2.75) is 45.6 Å². The highest BCUT2D eigenvalue weighted by atomic mass is 16.1. The molecule has 0 aliphatic carbocycles. The van der Waals surface area contributed by atoms with E-state index in [0.29, 0.717) is 18.8 Å². The fourth-order valence-electron chi connectivity index (χ4n) is 2.42. The third-order valence-electron chi connectivity index (χ3n) is 3.78. The number of hydrogen-bond acceptors (Lipinski definition) is 5. The lowest BCUT2D eigenvalue weighted by molar-refractivity contribution is -0.116. The number of hydrogen-bond donors (Lipinski definition) is 1. The summed E-state index contributed by atoms with van der Waals surface area (Å²) in [6.07, 6.45) is 4.08. The van der Waals surface area contributed by atoms with E-state index in [2.05, 4.69) is 25.6 Å². The molecule has 1 aliphatic rings. The predicted molar refractivity (Wildman–Crippen MR) is 75.7 cm³/mol. The molecule has 0 aromatic carbocycles. The first kappa shape index (κ1) is 13.7. The van der Waals surface area contributed by atoms with Crippen molar-refractivity contribution < 1.29 is 4.79 Å². The van der Waals surface area contributed by atoms with Crippen LogP contribution in [0.25, 0.3) is 0 Å². The molecular formula is C13H19N7O. The van der Waals surface area contributed by atoms with E-state index in [4.69, 9.17) is 0 Å². The molecule has 1 aliphatic heterocycles. The van der Waals surface area contributed by atoms with Crippen LogP contribution < -0.4 is 5.32 Å². The van der Waals surface area contributed by atoms with Crippen molar-refractivity contribution in [2.24, 2.45) is 7.05 Å². The topological polar surface area (TPSA) is 90.5 Å². The second-order valence-electron chi connectivity index (χ2n) is 5.30. The Morgan fingerprint density at radius 3 is 2.90 bits per heavy atom. The molecule has 8 nitrogen and oxygen atoms in total. The van der Waals surface area contributed by atoms with Crippen molar-refractivity contribution in [1.82, 2.24) is 29.5 Å². The summed E-state index contributed by atoms with van der Waals surface area (Å²) in [4.78, 5) is 16.3. The number of aromatic nitrogens is 6. The van der Waals surface area contributed by atoms with Crippen molar-refractivity contribution >= 4 is 11.9 Å².